The largest absolute Gasteiger partial charge is 0.472 e. The van der Waals surface area contributed by atoms with Crippen LogP contribution in [0.2, 0.25) is 0 Å². The summed E-state index contributed by atoms with van der Waals surface area (Å²) in [6.07, 6.45) is 6.97. The highest BCUT2D eigenvalue weighted by Crippen LogP contribution is 2.15. The highest BCUT2D eigenvalue weighted by molar-refractivity contribution is 6.18. The molecule has 0 saturated heterocycles. The quantitative estimate of drug-likeness (QED) is 0.642. The van der Waals surface area contributed by atoms with E-state index in [1.54, 1.807) is 12.5 Å². The summed E-state index contributed by atoms with van der Waals surface area (Å²) in [6.45, 7) is 2.19. The van der Waals surface area contributed by atoms with Crippen LogP contribution in [-0.2, 0) is 6.42 Å². The lowest BCUT2D eigenvalue weighted by Gasteiger charge is -2.10. The van der Waals surface area contributed by atoms with Crippen molar-refractivity contribution in [1.82, 2.24) is 0 Å². The minimum atomic E-state index is 0.606. The second-order valence-electron chi connectivity index (χ2n) is 3.14. The molecule has 0 N–H and O–H groups in total. The molecule has 1 nitrogen and oxygen atoms in total. The molecular formula is C10H15ClO. The third kappa shape index (κ3) is 2.90. The molecule has 0 aromatic carbocycles. The van der Waals surface area contributed by atoms with Gasteiger partial charge in [-0.1, -0.05) is 13.3 Å². The monoisotopic (exact) mass is 186 g/mol. The first-order valence-electron chi connectivity index (χ1n) is 4.43. The lowest BCUT2D eigenvalue weighted by atomic mass is 9.99. The predicted molar refractivity (Wildman–Crippen MR) is 51.5 cm³/mol. The molecule has 0 aliphatic rings. The van der Waals surface area contributed by atoms with Gasteiger partial charge in [0.15, 0.2) is 0 Å². The van der Waals surface area contributed by atoms with Gasteiger partial charge in [-0.25, -0.2) is 0 Å². The second kappa shape index (κ2) is 5.26. The van der Waals surface area contributed by atoms with Gasteiger partial charge < -0.3 is 4.42 Å². The normalized spacial score (nSPS) is 13.2. The lowest BCUT2D eigenvalue weighted by molar-refractivity contribution is 0.518. The Hall–Kier alpha value is -0.430. The van der Waals surface area contributed by atoms with Crippen LogP contribution in [0.4, 0.5) is 0 Å². The summed E-state index contributed by atoms with van der Waals surface area (Å²) in [5, 5.41) is 0. The zero-order chi connectivity index (χ0) is 8.81. The van der Waals surface area contributed by atoms with Gasteiger partial charge in [0.25, 0.3) is 0 Å². The smallest absolute Gasteiger partial charge is 0.0934 e. The maximum absolute atomic E-state index is 5.83. The number of halogens is 1. The molecule has 12 heavy (non-hydrogen) atoms. The molecule has 0 aliphatic heterocycles. The summed E-state index contributed by atoms with van der Waals surface area (Å²) in [5.74, 6) is 1.35. The van der Waals surface area contributed by atoms with E-state index in [-0.39, 0.29) is 0 Å². The summed E-state index contributed by atoms with van der Waals surface area (Å²) in [5.41, 5.74) is 1.26. The molecule has 0 bridgehead atoms. The van der Waals surface area contributed by atoms with Crippen molar-refractivity contribution < 1.29 is 4.42 Å². The minimum absolute atomic E-state index is 0.606. The fraction of sp³-hybridized carbons (Fsp3) is 0.600. The topological polar surface area (TPSA) is 13.1 Å². The molecule has 0 fully saturated rings. The van der Waals surface area contributed by atoms with E-state index in [1.807, 2.05) is 6.07 Å². The van der Waals surface area contributed by atoms with Crippen LogP contribution in [-0.4, -0.2) is 5.88 Å². The Labute approximate surface area is 78.7 Å². The summed E-state index contributed by atoms with van der Waals surface area (Å²) in [4.78, 5) is 0. The predicted octanol–water partition coefficient (Wildman–Crippen LogP) is 3.48. The Bertz CT molecular complexity index is 194. The van der Waals surface area contributed by atoms with E-state index in [9.17, 15) is 0 Å². The van der Waals surface area contributed by atoms with Gasteiger partial charge in [0, 0.05) is 5.88 Å². The molecule has 0 radical (unpaired) electrons. The maximum Gasteiger partial charge on any atom is 0.0934 e. The molecular weight excluding hydrogens is 172 g/mol. The molecule has 1 aromatic rings. The maximum atomic E-state index is 5.83. The Morgan fingerprint density at radius 2 is 2.42 bits per heavy atom. The molecule has 68 valence electrons. The van der Waals surface area contributed by atoms with Crippen LogP contribution in [0.5, 0.6) is 0 Å². The van der Waals surface area contributed by atoms with Gasteiger partial charge in [0.2, 0.25) is 0 Å². The summed E-state index contributed by atoms with van der Waals surface area (Å²) < 4.78 is 4.99. The Morgan fingerprint density at radius 1 is 1.58 bits per heavy atom. The molecule has 1 atom stereocenters. The molecule has 2 heteroatoms. The fourth-order valence-electron chi connectivity index (χ4n) is 1.38. The first-order chi connectivity index (χ1) is 5.86. The number of hydrogen-bond acceptors (Lipinski definition) is 1. The Morgan fingerprint density at radius 3 is 2.92 bits per heavy atom. The zero-order valence-corrected chi connectivity index (χ0v) is 8.18. The van der Waals surface area contributed by atoms with Crippen LogP contribution in [0.3, 0.4) is 0 Å². The van der Waals surface area contributed by atoms with Gasteiger partial charge in [-0.15, -0.1) is 11.6 Å². The first kappa shape index (κ1) is 9.66. The average molecular weight is 187 g/mol. The van der Waals surface area contributed by atoms with Crippen molar-refractivity contribution in [3.8, 4) is 0 Å². The fourth-order valence-corrected chi connectivity index (χ4v) is 1.65. The van der Waals surface area contributed by atoms with E-state index in [1.165, 1.54) is 18.4 Å². The number of rotatable bonds is 5. The van der Waals surface area contributed by atoms with E-state index in [4.69, 9.17) is 16.0 Å². The summed E-state index contributed by atoms with van der Waals surface area (Å²) in [7, 11) is 0. The number of alkyl halides is 1. The molecule has 1 aromatic heterocycles. The highest BCUT2D eigenvalue weighted by atomic mass is 35.5. The molecule has 0 spiro atoms. The van der Waals surface area contributed by atoms with Crippen LogP contribution >= 0.6 is 11.6 Å². The Kier molecular flexibility index (Phi) is 4.23. The summed E-state index contributed by atoms with van der Waals surface area (Å²) in [6, 6.07) is 2.01. The second-order valence-corrected chi connectivity index (χ2v) is 3.45. The Balaban J connectivity index is 2.37. The molecule has 0 amide bonds. The number of furan rings is 1. The van der Waals surface area contributed by atoms with E-state index >= 15 is 0 Å². The van der Waals surface area contributed by atoms with Gasteiger partial charge in [0.1, 0.15) is 0 Å². The van der Waals surface area contributed by atoms with E-state index in [2.05, 4.69) is 6.92 Å². The van der Waals surface area contributed by atoms with Crippen molar-refractivity contribution in [2.45, 2.75) is 26.2 Å². The van der Waals surface area contributed by atoms with Crippen molar-refractivity contribution in [3.63, 3.8) is 0 Å². The third-order valence-electron chi connectivity index (χ3n) is 2.02. The first-order valence-corrected chi connectivity index (χ1v) is 4.97. The SMILES string of the molecule is CCCC(CCl)Cc1ccoc1. The van der Waals surface area contributed by atoms with Crippen LogP contribution in [0.25, 0.3) is 0 Å². The highest BCUT2D eigenvalue weighted by Gasteiger charge is 2.07. The average Bonchev–Trinajstić information content (AvgIpc) is 2.56. The van der Waals surface area contributed by atoms with E-state index in [0.29, 0.717) is 5.92 Å². The van der Waals surface area contributed by atoms with Gasteiger partial charge >= 0.3 is 0 Å². The van der Waals surface area contributed by atoms with Crippen LogP contribution in [0.15, 0.2) is 23.0 Å². The zero-order valence-electron chi connectivity index (χ0n) is 7.42. The van der Waals surface area contributed by atoms with Crippen molar-refractivity contribution in [2.24, 2.45) is 5.92 Å². The van der Waals surface area contributed by atoms with Crippen molar-refractivity contribution in [1.29, 1.82) is 0 Å². The standard InChI is InChI=1S/C10H15ClO/c1-2-3-9(7-11)6-10-4-5-12-8-10/h4-5,8-9H,2-3,6-7H2,1H3. The molecule has 1 heterocycles. The molecule has 1 rings (SSSR count). The van der Waals surface area contributed by atoms with Gasteiger partial charge in [-0.2, -0.15) is 0 Å². The van der Waals surface area contributed by atoms with Gasteiger partial charge in [-0.3, -0.25) is 0 Å². The molecule has 0 saturated carbocycles. The van der Waals surface area contributed by atoms with Crippen molar-refractivity contribution in [3.05, 3.63) is 24.2 Å². The molecule has 1 unspecified atom stereocenters. The minimum Gasteiger partial charge on any atom is -0.472 e. The van der Waals surface area contributed by atoms with Crippen LogP contribution in [0, 0.1) is 5.92 Å². The number of hydrogen-bond donors (Lipinski definition) is 0. The van der Waals surface area contributed by atoms with Crippen LogP contribution < -0.4 is 0 Å². The van der Waals surface area contributed by atoms with Crippen molar-refractivity contribution in [2.75, 3.05) is 5.88 Å². The van der Waals surface area contributed by atoms with Gasteiger partial charge in [0.05, 0.1) is 12.5 Å². The molecule has 0 aliphatic carbocycles. The van der Waals surface area contributed by atoms with Gasteiger partial charge in [-0.05, 0) is 30.4 Å². The van der Waals surface area contributed by atoms with E-state index in [0.717, 1.165) is 12.3 Å². The van der Waals surface area contributed by atoms with Crippen LogP contribution in [0.1, 0.15) is 25.3 Å². The lowest BCUT2D eigenvalue weighted by Crippen LogP contribution is -2.05. The van der Waals surface area contributed by atoms with Crippen molar-refractivity contribution >= 4 is 11.6 Å². The van der Waals surface area contributed by atoms with E-state index < -0.39 is 0 Å². The third-order valence-corrected chi connectivity index (χ3v) is 2.46. The summed E-state index contributed by atoms with van der Waals surface area (Å²) >= 11 is 5.83.